The Hall–Kier alpha value is -2.46. The number of hydrazine groups is 1. The fourth-order valence-corrected chi connectivity index (χ4v) is 1.82. The number of carbonyl (C=O) groups excluding carboxylic acids is 1. The highest BCUT2D eigenvalue weighted by Gasteiger charge is 2.05. The Balaban J connectivity index is 1.92. The predicted octanol–water partition coefficient (Wildman–Crippen LogP) is 3.66. The lowest BCUT2D eigenvalue weighted by Gasteiger charge is -2.09. The average Bonchev–Trinajstić information content (AvgIpc) is 2.51. The highest BCUT2D eigenvalue weighted by molar-refractivity contribution is 6.30. The predicted molar refractivity (Wildman–Crippen MR) is 84.7 cm³/mol. The van der Waals surface area contributed by atoms with E-state index in [1.807, 2.05) is 0 Å². The minimum Gasteiger partial charge on any atom is -0.490 e. The van der Waals surface area contributed by atoms with Crippen LogP contribution in [0.3, 0.4) is 0 Å². The second-order valence-electron chi connectivity index (χ2n) is 4.21. The lowest BCUT2D eigenvalue weighted by Crippen LogP contribution is -2.29. The van der Waals surface area contributed by atoms with Crippen LogP contribution in [0, 0.1) is 0 Å². The molecule has 0 aliphatic heterocycles. The highest BCUT2D eigenvalue weighted by Crippen LogP contribution is 2.15. The van der Waals surface area contributed by atoms with Gasteiger partial charge in [0.1, 0.15) is 12.4 Å². The summed E-state index contributed by atoms with van der Waals surface area (Å²) in [6.07, 6.45) is 1.66. The molecule has 0 aliphatic rings. The zero-order valence-corrected chi connectivity index (χ0v) is 12.1. The van der Waals surface area contributed by atoms with Crippen LogP contribution in [0.5, 0.6) is 5.75 Å². The Kier molecular flexibility index (Phi) is 5.23. The van der Waals surface area contributed by atoms with Crippen molar-refractivity contribution in [3.8, 4) is 5.75 Å². The SMILES string of the molecule is C=CCOc1ccc(C(=O)NNc2cccc(Cl)c2)cc1. The first-order valence-corrected chi connectivity index (χ1v) is 6.72. The minimum atomic E-state index is -0.245. The van der Waals surface area contributed by atoms with Crippen LogP contribution < -0.4 is 15.6 Å². The van der Waals surface area contributed by atoms with Crippen molar-refractivity contribution in [2.75, 3.05) is 12.0 Å². The van der Waals surface area contributed by atoms with Gasteiger partial charge in [-0.2, -0.15) is 0 Å². The first-order chi connectivity index (χ1) is 10.2. The molecule has 4 nitrogen and oxygen atoms in total. The molecule has 108 valence electrons. The fourth-order valence-electron chi connectivity index (χ4n) is 1.63. The number of amides is 1. The van der Waals surface area contributed by atoms with Crippen LogP contribution >= 0.6 is 11.6 Å². The van der Waals surface area contributed by atoms with E-state index in [1.54, 1.807) is 54.6 Å². The molecule has 0 aliphatic carbocycles. The maximum atomic E-state index is 12.0. The minimum absolute atomic E-state index is 0.245. The summed E-state index contributed by atoms with van der Waals surface area (Å²) in [5, 5.41) is 0.595. The number of nitrogens with one attached hydrogen (secondary N) is 2. The molecule has 5 heteroatoms. The van der Waals surface area contributed by atoms with Crippen LogP contribution in [0.25, 0.3) is 0 Å². The number of ether oxygens (including phenoxy) is 1. The van der Waals surface area contributed by atoms with Gasteiger partial charge in [0.25, 0.3) is 5.91 Å². The van der Waals surface area contributed by atoms with E-state index in [4.69, 9.17) is 16.3 Å². The van der Waals surface area contributed by atoms with Gasteiger partial charge in [-0.3, -0.25) is 15.6 Å². The number of rotatable bonds is 6. The van der Waals surface area contributed by atoms with Gasteiger partial charge < -0.3 is 4.74 Å². The molecule has 0 saturated carbocycles. The number of hydrogen-bond acceptors (Lipinski definition) is 3. The average molecular weight is 303 g/mol. The smallest absolute Gasteiger partial charge is 0.269 e. The molecule has 0 radical (unpaired) electrons. The zero-order valence-electron chi connectivity index (χ0n) is 11.3. The molecular weight excluding hydrogens is 288 g/mol. The molecule has 0 spiro atoms. The molecule has 0 saturated heterocycles. The summed E-state index contributed by atoms with van der Waals surface area (Å²) in [6.45, 7) is 4.01. The van der Waals surface area contributed by atoms with Gasteiger partial charge in [0, 0.05) is 10.6 Å². The summed E-state index contributed by atoms with van der Waals surface area (Å²) in [5.74, 6) is 0.444. The normalized spacial score (nSPS) is 9.76. The molecular formula is C16H15ClN2O2. The monoisotopic (exact) mass is 302 g/mol. The molecule has 2 aromatic rings. The second kappa shape index (κ2) is 7.36. The molecule has 2 rings (SSSR count). The van der Waals surface area contributed by atoms with Crippen molar-refractivity contribution in [2.24, 2.45) is 0 Å². The Bertz CT molecular complexity index is 626. The third kappa shape index (κ3) is 4.54. The summed E-state index contributed by atoms with van der Waals surface area (Å²) >= 11 is 5.86. The number of benzene rings is 2. The lowest BCUT2D eigenvalue weighted by molar-refractivity contribution is 0.0962. The topological polar surface area (TPSA) is 50.4 Å². The Morgan fingerprint density at radius 3 is 2.67 bits per heavy atom. The number of halogens is 1. The number of carbonyl (C=O) groups is 1. The van der Waals surface area contributed by atoms with Gasteiger partial charge in [0.15, 0.2) is 0 Å². The molecule has 0 aromatic heterocycles. The largest absolute Gasteiger partial charge is 0.490 e. The molecule has 0 fully saturated rings. The van der Waals surface area contributed by atoms with Gasteiger partial charge in [0.2, 0.25) is 0 Å². The first-order valence-electron chi connectivity index (χ1n) is 6.35. The van der Waals surface area contributed by atoms with Gasteiger partial charge in [-0.05, 0) is 42.5 Å². The van der Waals surface area contributed by atoms with Gasteiger partial charge in [-0.25, -0.2) is 0 Å². The van der Waals surface area contributed by atoms with Crippen LogP contribution in [0.4, 0.5) is 5.69 Å². The molecule has 2 N–H and O–H groups in total. The standard InChI is InChI=1S/C16H15ClN2O2/c1-2-10-21-15-8-6-12(7-9-15)16(20)19-18-14-5-3-4-13(17)11-14/h2-9,11,18H,1,10H2,(H,19,20). The third-order valence-corrected chi connectivity index (χ3v) is 2.86. The van der Waals surface area contributed by atoms with E-state index in [2.05, 4.69) is 17.4 Å². The molecule has 0 bridgehead atoms. The highest BCUT2D eigenvalue weighted by atomic mass is 35.5. The summed E-state index contributed by atoms with van der Waals surface area (Å²) in [4.78, 5) is 12.0. The molecule has 0 heterocycles. The van der Waals surface area contributed by atoms with Crippen LogP contribution in [0.2, 0.25) is 5.02 Å². The van der Waals surface area contributed by atoms with Gasteiger partial charge in [-0.1, -0.05) is 30.3 Å². The van der Waals surface area contributed by atoms with Crippen LogP contribution in [0.15, 0.2) is 61.2 Å². The van der Waals surface area contributed by atoms with Crippen molar-refractivity contribution in [2.45, 2.75) is 0 Å². The quantitative estimate of drug-likeness (QED) is 0.632. The van der Waals surface area contributed by atoms with Crippen molar-refractivity contribution in [3.63, 3.8) is 0 Å². The van der Waals surface area contributed by atoms with E-state index in [0.717, 1.165) is 0 Å². The van der Waals surface area contributed by atoms with Crippen molar-refractivity contribution in [1.29, 1.82) is 0 Å². The zero-order chi connectivity index (χ0) is 15.1. The number of anilines is 1. The first kappa shape index (κ1) is 14.9. The molecule has 2 aromatic carbocycles. The lowest BCUT2D eigenvalue weighted by atomic mass is 10.2. The van der Waals surface area contributed by atoms with Crippen molar-refractivity contribution in [1.82, 2.24) is 5.43 Å². The van der Waals surface area contributed by atoms with Gasteiger partial charge >= 0.3 is 0 Å². The number of hydrogen-bond donors (Lipinski definition) is 2. The van der Waals surface area contributed by atoms with E-state index in [9.17, 15) is 4.79 Å². The Morgan fingerprint density at radius 2 is 2.00 bits per heavy atom. The van der Waals surface area contributed by atoms with Crippen LogP contribution in [-0.4, -0.2) is 12.5 Å². The van der Waals surface area contributed by atoms with Crippen molar-refractivity contribution < 1.29 is 9.53 Å². The van der Waals surface area contributed by atoms with Gasteiger partial charge in [-0.15, -0.1) is 0 Å². The summed E-state index contributed by atoms with van der Waals surface area (Å²) in [6, 6.07) is 13.9. The maximum Gasteiger partial charge on any atom is 0.269 e. The third-order valence-electron chi connectivity index (χ3n) is 2.63. The summed E-state index contributed by atoms with van der Waals surface area (Å²) in [5.41, 5.74) is 6.64. The fraction of sp³-hybridized carbons (Fsp3) is 0.0625. The molecule has 21 heavy (non-hydrogen) atoms. The summed E-state index contributed by atoms with van der Waals surface area (Å²) in [7, 11) is 0. The maximum absolute atomic E-state index is 12.0. The van der Waals surface area contributed by atoms with Crippen molar-refractivity contribution in [3.05, 3.63) is 71.8 Å². The van der Waals surface area contributed by atoms with Crippen LogP contribution in [0.1, 0.15) is 10.4 Å². The van der Waals surface area contributed by atoms with Crippen molar-refractivity contribution >= 4 is 23.2 Å². The van der Waals surface area contributed by atoms with E-state index in [1.165, 1.54) is 0 Å². The van der Waals surface area contributed by atoms with E-state index in [-0.39, 0.29) is 5.91 Å². The van der Waals surface area contributed by atoms with Gasteiger partial charge in [0.05, 0.1) is 5.69 Å². The van der Waals surface area contributed by atoms with Crippen LogP contribution in [-0.2, 0) is 0 Å². The van der Waals surface area contributed by atoms with E-state index in [0.29, 0.717) is 28.6 Å². The summed E-state index contributed by atoms with van der Waals surface area (Å²) < 4.78 is 5.35. The Labute approximate surface area is 128 Å². The second-order valence-corrected chi connectivity index (χ2v) is 4.65. The Morgan fingerprint density at radius 1 is 1.24 bits per heavy atom. The molecule has 0 unspecified atom stereocenters. The van der Waals surface area contributed by atoms with E-state index < -0.39 is 0 Å². The molecule has 0 atom stereocenters. The molecule has 1 amide bonds. The van der Waals surface area contributed by atoms with E-state index >= 15 is 0 Å².